The molecule has 1 aromatic heterocycles. The minimum atomic E-state index is 0.00229. The van der Waals surface area contributed by atoms with Gasteiger partial charge in [-0.15, -0.1) is 10.2 Å². The van der Waals surface area contributed by atoms with Crippen molar-refractivity contribution in [1.29, 1.82) is 0 Å². The van der Waals surface area contributed by atoms with Gasteiger partial charge in [-0.25, -0.2) is 4.79 Å². The van der Waals surface area contributed by atoms with Crippen LogP contribution in [0.3, 0.4) is 0 Å². The summed E-state index contributed by atoms with van der Waals surface area (Å²) in [6.45, 7) is 5.07. The van der Waals surface area contributed by atoms with E-state index in [0.717, 1.165) is 56.0 Å². The molecule has 2 heterocycles. The topological polar surface area (TPSA) is 72.3 Å². The smallest absolute Gasteiger partial charge is 0.317 e. The molecule has 0 radical (unpaired) electrons. The Balaban J connectivity index is 1.50. The number of rotatable bonds is 6. The summed E-state index contributed by atoms with van der Waals surface area (Å²) in [6.07, 6.45) is 4.80. The van der Waals surface area contributed by atoms with Gasteiger partial charge in [0.05, 0.1) is 7.11 Å². The maximum absolute atomic E-state index is 12.5. The molecule has 2 aromatic rings. The van der Waals surface area contributed by atoms with E-state index in [1.54, 1.807) is 13.4 Å². The van der Waals surface area contributed by atoms with Crippen molar-refractivity contribution in [3.63, 3.8) is 0 Å². The van der Waals surface area contributed by atoms with Crippen LogP contribution in [0.2, 0.25) is 0 Å². The van der Waals surface area contributed by atoms with Crippen LogP contribution in [0.15, 0.2) is 30.6 Å². The fourth-order valence-corrected chi connectivity index (χ4v) is 3.41. The quantitative estimate of drug-likeness (QED) is 0.862. The summed E-state index contributed by atoms with van der Waals surface area (Å²) in [5.74, 6) is 2.27. The summed E-state index contributed by atoms with van der Waals surface area (Å²) < 4.78 is 7.23. The lowest BCUT2D eigenvalue weighted by Gasteiger charge is -2.32. The molecule has 1 saturated heterocycles. The van der Waals surface area contributed by atoms with Crippen LogP contribution in [0.4, 0.5) is 4.79 Å². The number of amides is 2. The Bertz CT molecular complexity index is 713. The first-order valence-electron chi connectivity index (χ1n) is 9.22. The molecule has 1 aromatic carbocycles. The maximum Gasteiger partial charge on any atom is 0.317 e. The third-order valence-electron chi connectivity index (χ3n) is 4.92. The van der Waals surface area contributed by atoms with E-state index >= 15 is 0 Å². The zero-order valence-corrected chi connectivity index (χ0v) is 15.5. The van der Waals surface area contributed by atoms with Gasteiger partial charge in [-0.1, -0.05) is 12.1 Å². The zero-order chi connectivity index (χ0) is 18.4. The van der Waals surface area contributed by atoms with Gasteiger partial charge in [0.25, 0.3) is 0 Å². The molecule has 0 saturated carbocycles. The van der Waals surface area contributed by atoms with Crippen LogP contribution in [0.25, 0.3) is 0 Å². The number of nitrogens with one attached hydrogen (secondary N) is 1. The first-order valence-corrected chi connectivity index (χ1v) is 9.22. The van der Waals surface area contributed by atoms with Gasteiger partial charge in [-0.2, -0.15) is 0 Å². The number of piperidine rings is 1. The van der Waals surface area contributed by atoms with Gasteiger partial charge in [0.1, 0.15) is 17.9 Å². The van der Waals surface area contributed by atoms with E-state index in [2.05, 4.69) is 27.0 Å². The van der Waals surface area contributed by atoms with E-state index in [1.165, 1.54) is 0 Å². The summed E-state index contributed by atoms with van der Waals surface area (Å²) in [5, 5.41) is 11.2. The van der Waals surface area contributed by atoms with E-state index in [-0.39, 0.29) is 6.03 Å². The minimum absolute atomic E-state index is 0.00229. The average molecular weight is 357 g/mol. The first kappa shape index (κ1) is 18.2. The molecule has 26 heavy (non-hydrogen) atoms. The number of methoxy groups -OCH3 is 1. The van der Waals surface area contributed by atoms with Crippen molar-refractivity contribution < 1.29 is 9.53 Å². The van der Waals surface area contributed by atoms with E-state index in [9.17, 15) is 4.79 Å². The zero-order valence-electron chi connectivity index (χ0n) is 15.5. The number of carbonyl (C=O) groups excluding carboxylic acids is 1. The number of carbonyl (C=O) groups is 1. The van der Waals surface area contributed by atoms with Crippen molar-refractivity contribution in [3.8, 4) is 5.75 Å². The van der Waals surface area contributed by atoms with Crippen LogP contribution in [0.1, 0.15) is 31.2 Å². The number of likely N-dealkylation sites (tertiary alicyclic amines) is 1. The highest BCUT2D eigenvalue weighted by Gasteiger charge is 2.25. The van der Waals surface area contributed by atoms with E-state index < -0.39 is 0 Å². The van der Waals surface area contributed by atoms with Crippen LogP contribution in [-0.2, 0) is 19.5 Å². The molecular formula is C19H27N5O2. The van der Waals surface area contributed by atoms with Crippen molar-refractivity contribution in [3.05, 3.63) is 42.0 Å². The summed E-state index contributed by atoms with van der Waals surface area (Å²) in [4.78, 5) is 14.4. The summed E-state index contributed by atoms with van der Waals surface area (Å²) in [6, 6.07) is 7.75. The number of urea groups is 1. The van der Waals surface area contributed by atoms with Crippen LogP contribution in [-0.4, -0.2) is 45.9 Å². The summed E-state index contributed by atoms with van der Waals surface area (Å²) >= 11 is 0. The summed E-state index contributed by atoms with van der Waals surface area (Å²) in [7, 11) is 1.65. The number of aryl methyl sites for hydroxylation is 1. The van der Waals surface area contributed by atoms with Crippen LogP contribution >= 0.6 is 0 Å². The number of benzene rings is 1. The lowest BCUT2D eigenvalue weighted by Crippen LogP contribution is -2.45. The fourth-order valence-electron chi connectivity index (χ4n) is 3.41. The van der Waals surface area contributed by atoms with Crippen LogP contribution in [0, 0.1) is 5.92 Å². The predicted octanol–water partition coefficient (Wildman–Crippen LogP) is 2.47. The molecule has 7 nitrogen and oxygen atoms in total. The monoisotopic (exact) mass is 357 g/mol. The van der Waals surface area contributed by atoms with E-state index in [4.69, 9.17) is 4.74 Å². The first-order chi connectivity index (χ1) is 12.7. The Morgan fingerprint density at radius 3 is 2.88 bits per heavy atom. The SMILES string of the molecule is CCn1cnnc1CC1CCCN(C(=O)NCc2ccc(OC)cc2)C1. The lowest BCUT2D eigenvalue weighted by atomic mass is 9.94. The molecular weight excluding hydrogens is 330 g/mol. The molecule has 1 fully saturated rings. The van der Waals surface area contributed by atoms with Crippen LogP contribution in [0.5, 0.6) is 5.75 Å². The largest absolute Gasteiger partial charge is 0.497 e. The molecule has 0 aliphatic carbocycles. The molecule has 1 aliphatic rings. The molecule has 1 N–H and O–H groups in total. The van der Waals surface area contributed by atoms with Crippen molar-refractivity contribution in [2.45, 2.75) is 39.3 Å². The molecule has 7 heteroatoms. The van der Waals surface area contributed by atoms with Crippen molar-refractivity contribution in [2.75, 3.05) is 20.2 Å². The highest BCUT2D eigenvalue weighted by Crippen LogP contribution is 2.20. The van der Waals surface area contributed by atoms with Gasteiger partial charge in [0.2, 0.25) is 0 Å². The number of aromatic nitrogens is 3. The minimum Gasteiger partial charge on any atom is -0.497 e. The van der Waals surface area contributed by atoms with Crippen molar-refractivity contribution in [2.24, 2.45) is 5.92 Å². The van der Waals surface area contributed by atoms with Gasteiger partial charge < -0.3 is 19.5 Å². The average Bonchev–Trinajstić information content (AvgIpc) is 3.13. The Labute approximate surface area is 154 Å². The van der Waals surface area contributed by atoms with Crippen LogP contribution < -0.4 is 10.1 Å². The fraction of sp³-hybridized carbons (Fsp3) is 0.526. The second kappa shape index (κ2) is 8.69. The summed E-state index contributed by atoms with van der Waals surface area (Å²) in [5.41, 5.74) is 1.06. The van der Waals surface area contributed by atoms with Gasteiger partial charge in [-0.3, -0.25) is 0 Å². The number of ether oxygens (including phenoxy) is 1. The molecule has 3 rings (SSSR count). The molecule has 0 bridgehead atoms. The predicted molar refractivity (Wildman–Crippen MR) is 98.9 cm³/mol. The van der Waals surface area contributed by atoms with Gasteiger partial charge in [-0.05, 0) is 43.4 Å². The second-order valence-corrected chi connectivity index (χ2v) is 6.70. The Kier molecular flexibility index (Phi) is 6.09. The number of nitrogens with zero attached hydrogens (tertiary/aromatic N) is 4. The van der Waals surface area contributed by atoms with Gasteiger partial charge in [0.15, 0.2) is 0 Å². The highest BCUT2D eigenvalue weighted by molar-refractivity contribution is 5.74. The van der Waals surface area contributed by atoms with Crippen molar-refractivity contribution >= 4 is 6.03 Å². The third kappa shape index (κ3) is 4.53. The highest BCUT2D eigenvalue weighted by atomic mass is 16.5. The molecule has 1 unspecified atom stereocenters. The lowest BCUT2D eigenvalue weighted by molar-refractivity contribution is 0.164. The standard InChI is InChI=1S/C19H27N5O2/c1-3-23-14-21-22-18(23)11-16-5-4-10-24(13-16)19(25)20-12-15-6-8-17(26-2)9-7-15/h6-9,14,16H,3-5,10-13H2,1-2H3,(H,20,25). The van der Waals surface area contributed by atoms with E-state index in [0.29, 0.717) is 12.5 Å². The normalized spacial score (nSPS) is 17.2. The number of hydrogen-bond donors (Lipinski definition) is 1. The second-order valence-electron chi connectivity index (χ2n) is 6.70. The van der Waals surface area contributed by atoms with Gasteiger partial charge in [0, 0.05) is 32.6 Å². The Morgan fingerprint density at radius 1 is 1.35 bits per heavy atom. The van der Waals surface area contributed by atoms with Crippen molar-refractivity contribution in [1.82, 2.24) is 25.0 Å². The number of hydrogen-bond acceptors (Lipinski definition) is 4. The Hall–Kier alpha value is -2.57. The van der Waals surface area contributed by atoms with Gasteiger partial charge >= 0.3 is 6.03 Å². The molecule has 1 aliphatic heterocycles. The van der Waals surface area contributed by atoms with E-state index in [1.807, 2.05) is 29.2 Å². The third-order valence-corrected chi connectivity index (χ3v) is 4.92. The molecule has 140 valence electrons. The Morgan fingerprint density at radius 2 is 2.15 bits per heavy atom. The maximum atomic E-state index is 12.5. The molecule has 2 amide bonds. The molecule has 1 atom stereocenters. The molecule has 0 spiro atoms.